The molecule has 5 nitrogen and oxygen atoms in total. The topological polar surface area (TPSA) is 83.1 Å². The molecule has 0 aliphatic rings. The van der Waals surface area contributed by atoms with E-state index < -0.39 is 15.1 Å². The zero-order valence-corrected chi connectivity index (χ0v) is 6.98. The SMILES string of the molecule is CS(=O)(=O)C(=O)NCCC[O]. The summed E-state index contributed by atoms with van der Waals surface area (Å²) in [5.41, 5.74) is 0. The molecule has 0 aromatic rings. The first-order chi connectivity index (χ1) is 4.98. The molecule has 0 aromatic heterocycles. The molecule has 0 aliphatic heterocycles. The summed E-state index contributed by atoms with van der Waals surface area (Å²) < 4.78 is 20.9. The number of carbonyl (C=O) groups is 1. The minimum Gasteiger partial charge on any atom is -0.343 e. The zero-order chi connectivity index (χ0) is 8.91. The van der Waals surface area contributed by atoms with Gasteiger partial charge in [-0.1, -0.05) is 0 Å². The molecule has 0 saturated carbocycles. The maximum atomic E-state index is 10.5. The van der Waals surface area contributed by atoms with Crippen LogP contribution in [0.5, 0.6) is 0 Å². The number of rotatable bonds is 3. The molecule has 1 radical (unpaired) electrons. The highest BCUT2D eigenvalue weighted by atomic mass is 32.2. The number of hydrogen-bond donors (Lipinski definition) is 1. The Morgan fingerprint density at radius 3 is 2.36 bits per heavy atom. The maximum Gasteiger partial charge on any atom is 0.336 e. The Kier molecular flexibility index (Phi) is 4.06. The minimum atomic E-state index is -3.64. The Hall–Kier alpha value is -0.620. The van der Waals surface area contributed by atoms with E-state index in [0.29, 0.717) is 0 Å². The van der Waals surface area contributed by atoms with E-state index in [0.717, 1.165) is 6.26 Å². The van der Waals surface area contributed by atoms with Gasteiger partial charge in [0.15, 0.2) is 0 Å². The van der Waals surface area contributed by atoms with Crippen molar-refractivity contribution in [3.8, 4) is 0 Å². The van der Waals surface area contributed by atoms with E-state index >= 15 is 0 Å². The summed E-state index contributed by atoms with van der Waals surface area (Å²) in [5, 5.41) is 10.9. The third-order valence-electron chi connectivity index (χ3n) is 0.927. The molecule has 0 atom stereocenters. The van der Waals surface area contributed by atoms with Gasteiger partial charge in [-0.3, -0.25) is 4.79 Å². The van der Waals surface area contributed by atoms with E-state index in [1.165, 1.54) is 0 Å². The molecule has 0 spiro atoms. The molecule has 0 aliphatic carbocycles. The van der Waals surface area contributed by atoms with Crippen LogP contribution < -0.4 is 5.32 Å². The van der Waals surface area contributed by atoms with E-state index in [-0.39, 0.29) is 19.6 Å². The molecule has 0 aromatic carbocycles. The van der Waals surface area contributed by atoms with Crippen LogP contribution >= 0.6 is 0 Å². The van der Waals surface area contributed by atoms with Gasteiger partial charge >= 0.3 is 5.24 Å². The molecular formula is C5H10NO4S. The highest BCUT2D eigenvalue weighted by molar-refractivity contribution is 8.05. The van der Waals surface area contributed by atoms with Crippen LogP contribution in [0.2, 0.25) is 0 Å². The number of nitrogens with one attached hydrogen (secondary N) is 1. The van der Waals surface area contributed by atoms with Crippen molar-refractivity contribution in [3.05, 3.63) is 0 Å². The van der Waals surface area contributed by atoms with Gasteiger partial charge in [-0.15, -0.1) is 0 Å². The molecule has 1 N–H and O–H groups in total. The van der Waals surface area contributed by atoms with Gasteiger partial charge in [-0.25, -0.2) is 13.5 Å². The Bertz CT molecular complexity index is 221. The van der Waals surface area contributed by atoms with Gasteiger partial charge in [-0.2, -0.15) is 0 Å². The summed E-state index contributed by atoms with van der Waals surface area (Å²) in [4.78, 5) is 10.5. The van der Waals surface area contributed by atoms with E-state index in [1.807, 2.05) is 0 Å². The first-order valence-corrected chi connectivity index (χ1v) is 4.93. The summed E-state index contributed by atoms with van der Waals surface area (Å²) >= 11 is 0. The Morgan fingerprint density at radius 1 is 1.45 bits per heavy atom. The van der Waals surface area contributed by atoms with Crippen LogP contribution in [0.3, 0.4) is 0 Å². The van der Waals surface area contributed by atoms with E-state index in [1.54, 1.807) is 0 Å². The molecular weight excluding hydrogens is 170 g/mol. The molecule has 0 saturated heterocycles. The second-order valence-electron chi connectivity index (χ2n) is 2.04. The van der Waals surface area contributed by atoms with Crippen LogP contribution in [0.15, 0.2) is 0 Å². The van der Waals surface area contributed by atoms with Crippen LogP contribution in [0, 0.1) is 0 Å². The third kappa shape index (κ3) is 4.74. The smallest absolute Gasteiger partial charge is 0.336 e. The summed E-state index contributed by atoms with van der Waals surface area (Å²) in [6, 6.07) is 0. The monoisotopic (exact) mass is 180 g/mol. The van der Waals surface area contributed by atoms with E-state index in [9.17, 15) is 18.3 Å². The lowest BCUT2D eigenvalue weighted by Crippen LogP contribution is -2.29. The Morgan fingerprint density at radius 2 is 2.00 bits per heavy atom. The summed E-state index contributed by atoms with van der Waals surface area (Å²) in [5.74, 6) is 0. The van der Waals surface area contributed by atoms with Crippen LogP contribution in [-0.4, -0.2) is 33.1 Å². The first-order valence-electron chi connectivity index (χ1n) is 3.04. The molecule has 0 heterocycles. The molecule has 6 heteroatoms. The lowest BCUT2D eigenvalue weighted by atomic mass is 10.5. The predicted molar refractivity (Wildman–Crippen MR) is 38.4 cm³/mol. The zero-order valence-electron chi connectivity index (χ0n) is 6.16. The lowest BCUT2D eigenvalue weighted by molar-refractivity contribution is 0.189. The van der Waals surface area contributed by atoms with E-state index in [4.69, 9.17) is 0 Å². The van der Waals surface area contributed by atoms with Gasteiger partial charge < -0.3 is 5.32 Å². The van der Waals surface area contributed by atoms with Crippen molar-refractivity contribution < 1.29 is 18.3 Å². The fraction of sp³-hybridized carbons (Fsp3) is 0.800. The van der Waals surface area contributed by atoms with Crippen LogP contribution in [0.4, 0.5) is 4.79 Å². The van der Waals surface area contributed by atoms with Crippen molar-refractivity contribution in [2.24, 2.45) is 0 Å². The third-order valence-corrected chi connectivity index (χ3v) is 1.75. The second-order valence-corrected chi connectivity index (χ2v) is 3.96. The van der Waals surface area contributed by atoms with Crippen LogP contribution in [0.1, 0.15) is 6.42 Å². The fourth-order valence-electron chi connectivity index (χ4n) is 0.394. The second kappa shape index (κ2) is 4.30. The van der Waals surface area contributed by atoms with Gasteiger partial charge in [0.05, 0.1) is 6.61 Å². The van der Waals surface area contributed by atoms with Crippen molar-refractivity contribution in [2.75, 3.05) is 19.4 Å². The molecule has 0 bridgehead atoms. The van der Waals surface area contributed by atoms with Gasteiger partial charge in [0.25, 0.3) is 0 Å². The summed E-state index contributed by atoms with van der Waals surface area (Å²) in [7, 11) is -3.64. The van der Waals surface area contributed by atoms with Crippen molar-refractivity contribution in [1.82, 2.24) is 5.32 Å². The number of carbonyl (C=O) groups excluding carboxylic acids is 1. The van der Waals surface area contributed by atoms with Gasteiger partial charge in [0.2, 0.25) is 9.84 Å². The van der Waals surface area contributed by atoms with Gasteiger partial charge in [0.1, 0.15) is 0 Å². The molecule has 1 amide bonds. The molecule has 0 rings (SSSR count). The normalized spacial score (nSPS) is 11.1. The van der Waals surface area contributed by atoms with Crippen molar-refractivity contribution >= 4 is 15.1 Å². The highest BCUT2D eigenvalue weighted by Gasteiger charge is 2.13. The van der Waals surface area contributed by atoms with Crippen molar-refractivity contribution in [3.63, 3.8) is 0 Å². The van der Waals surface area contributed by atoms with E-state index in [2.05, 4.69) is 5.32 Å². The molecule has 65 valence electrons. The summed E-state index contributed by atoms with van der Waals surface area (Å²) in [6.45, 7) is -0.195. The summed E-state index contributed by atoms with van der Waals surface area (Å²) in [6.07, 6.45) is 1.07. The van der Waals surface area contributed by atoms with Gasteiger partial charge in [-0.05, 0) is 6.42 Å². The average Bonchev–Trinajstić information content (AvgIpc) is 1.86. The van der Waals surface area contributed by atoms with Gasteiger partial charge in [0, 0.05) is 12.8 Å². The number of hydrogen-bond acceptors (Lipinski definition) is 3. The molecule has 0 unspecified atom stereocenters. The standard InChI is InChI=1S/C5H10NO4S/c1-11(9,10)5(8)6-3-2-4-7/h2-4H2,1H3,(H,6,8). The number of amides is 1. The highest BCUT2D eigenvalue weighted by Crippen LogP contribution is 1.84. The average molecular weight is 180 g/mol. The molecule has 0 fully saturated rings. The lowest BCUT2D eigenvalue weighted by Gasteiger charge is -1.99. The largest absolute Gasteiger partial charge is 0.343 e. The Balaban J connectivity index is 3.72. The fourth-order valence-corrected chi connectivity index (χ4v) is 0.758. The van der Waals surface area contributed by atoms with Crippen molar-refractivity contribution in [2.45, 2.75) is 6.42 Å². The van der Waals surface area contributed by atoms with Crippen LogP contribution in [-0.2, 0) is 14.9 Å². The maximum absolute atomic E-state index is 10.5. The quantitative estimate of drug-likeness (QED) is 0.598. The Labute approximate surface area is 65.3 Å². The predicted octanol–water partition coefficient (Wildman–Crippen LogP) is -0.439. The number of sulfone groups is 1. The van der Waals surface area contributed by atoms with Crippen molar-refractivity contribution in [1.29, 1.82) is 0 Å². The first kappa shape index (κ1) is 10.4. The minimum absolute atomic E-state index is 0.120. The molecule has 11 heavy (non-hydrogen) atoms. The van der Waals surface area contributed by atoms with Crippen LogP contribution in [0.25, 0.3) is 0 Å².